The molecule has 7 heteroatoms. The Labute approximate surface area is 157 Å². The molecule has 0 unspecified atom stereocenters. The second-order valence-electron chi connectivity index (χ2n) is 6.54. The van der Waals surface area contributed by atoms with Crippen molar-refractivity contribution < 1.29 is 12.8 Å². The number of fused-ring (bicyclic) bond motifs is 1. The van der Waals surface area contributed by atoms with Gasteiger partial charge in [-0.2, -0.15) is 0 Å². The quantitative estimate of drug-likeness (QED) is 0.635. The lowest BCUT2D eigenvalue weighted by atomic mass is 10.1. The third kappa shape index (κ3) is 4.09. The third-order valence-corrected chi connectivity index (χ3v) is 6.10. The van der Waals surface area contributed by atoms with Crippen molar-refractivity contribution in [2.24, 2.45) is 0 Å². The Morgan fingerprint density at radius 2 is 1.81 bits per heavy atom. The Bertz CT molecular complexity index is 1030. The van der Waals surface area contributed by atoms with E-state index in [1.807, 2.05) is 19.0 Å². The molecule has 1 heterocycles. The minimum atomic E-state index is -3.55. The lowest BCUT2D eigenvalue weighted by molar-refractivity contribution is 0.414. The van der Waals surface area contributed by atoms with Crippen LogP contribution in [0.2, 0.25) is 5.02 Å². The highest BCUT2D eigenvalue weighted by atomic mass is 35.5. The largest absolute Gasteiger partial charge is 0.332 e. The molecule has 3 rings (SSSR count). The maximum atomic E-state index is 13.7. The van der Waals surface area contributed by atoms with Crippen LogP contribution in [-0.2, 0) is 22.1 Å². The summed E-state index contributed by atoms with van der Waals surface area (Å²) >= 11 is 5.84. The molecule has 0 fully saturated rings. The van der Waals surface area contributed by atoms with Crippen LogP contribution < -0.4 is 0 Å². The molecule has 0 aliphatic carbocycles. The van der Waals surface area contributed by atoms with Crippen LogP contribution in [0.3, 0.4) is 0 Å². The van der Waals surface area contributed by atoms with Gasteiger partial charge < -0.3 is 9.47 Å². The Morgan fingerprint density at radius 3 is 2.46 bits per heavy atom. The van der Waals surface area contributed by atoms with Crippen molar-refractivity contribution in [1.82, 2.24) is 9.47 Å². The summed E-state index contributed by atoms with van der Waals surface area (Å²) in [6.07, 6.45) is 2.52. The van der Waals surface area contributed by atoms with E-state index in [1.165, 1.54) is 24.3 Å². The molecule has 0 aliphatic rings. The van der Waals surface area contributed by atoms with Crippen molar-refractivity contribution >= 4 is 32.3 Å². The van der Waals surface area contributed by atoms with E-state index in [2.05, 4.69) is 0 Å². The lowest BCUT2D eigenvalue weighted by Crippen LogP contribution is -2.15. The molecule has 0 saturated carbocycles. The summed E-state index contributed by atoms with van der Waals surface area (Å²) in [5, 5.41) is 1.23. The first kappa shape index (κ1) is 18.9. The zero-order valence-electron chi connectivity index (χ0n) is 14.6. The molecule has 3 aromatic rings. The van der Waals surface area contributed by atoms with E-state index in [-0.39, 0.29) is 16.6 Å². The number of sulfone groups is 1. The minimum absolute atomic E-state index is 0.209. The monoisotopic (exact) mass is 394 g/mol. The molecule has 0 aliphatic heterocycles. The SMILES string of the molecule is CN(C)CCc1cn(CS(=O)(=O)c2ccc(Cl)cc2)c2ccc(F)cc12. The fourth-order valence-electron chi connectivity index (χ4n) is 2.89. The van der Waals surface area contributed by atoms with E-state index in [4.69, 9.17) is 11.6 Å². The summed E-state index contributed by atoms with van der Waals surface area (Å²) in [6, 6.07) is 10.5. The van der Waals surface area contributed by atoms with Crippen LogP contribution in [0, 0.1) is 5.82 Å². The van der Waals surface area contributed by atoms with Crippen molar-refractivity contribution in [3.63, 3.8) is 0 Å². The number of halogens is 2. The molecule has 1 aromatic heterocycles. The summed E-state index contributed by atoms with van der Waals surface area (Å²) in [6.45, 7) is 0.791. The molecule has 0 N–H and O–H groups in total. The molecule has 0 saturated heterocycles. The molecule has 0 radical (unpaired) electrons. The minimum Gasteiger partial charge on any atom is -0.332 e. The van der Waals surface area contributed by atoms with Crippen LogP contribution in [0.15, 0.2) is 53.6 Å². The van der Waals surface area contributed by atoms with Gasteiger partial charge in [0.1, 0.15) is 11.7 Å². The van der Waals surface area contributed by atoms with Gasteiger partial charge in [-0.25, -0.2) is 12.8 Å². The van der Waals surface area contributed by atoms with Crippen molar-refractivity contribution in [1.29, 1.82) is 0 Å². The number of hydrogen-bond acceptors (Lipinski definition) is 3. The topological polar surface area (TPSA) is 42.3 Å². The number of nitrogens with zero attached hydrogens (tertiary/aromatic N) is 2. The van der Waals surface area contributed by atoms with E-state index in [1.54, 1.807) is 29.0 Å². The molecule has 0 amide bonds. The highest BCUT2D eigenvalue weighted by Gasteiger charge is 2.18. The Morgan fingerprint density at radius 1 is 1.12 bits per heavy atom. The highest BCUT2D eigenvalue weighted by molar-refractivity contribution is 7.90. The average molecular weight is 395 g/mol. The van der Waals surface area contributed by atoms with Gasteiger partial charge in [0.25, 0.3) is 0 Å². The molecule has 26 heavy (non-hydrogen) atoms. The molecular formula is C19H20ClFN2O2S. The smallest absolute Gasteiger partial charge is 0.196 e. The van der Waals surface area contributed by atoms with Crippen LogP contribution in [0.1, 0.15) is 5.56 Å². The first-order valence-electron chi connectivity index (χ1n) is 8.16. The van der Waals surface area contributed by atoms with Crippen molar-refractivity contribution in [2.45, 2.75) is 17.2 Å². The molecular weight excluding hydrogens is 375 g/mol. The number of aromatic nitrogens is 1. The normalized spacial score (nSPS) is 12.2. The Hall–Kier alpha value is -1.89. The van der Waals surface area contributed by atoms with Gasteiger partial charge in [-0.3, -0.25) is 0 Å². The standard InChI is InChI=1S/C19H20ClFN2O2S/c1-22(2)10-9-14-12-23(19-8-5-16(21)11-18(14)19)13-26(24,25)17-6-3-15(20)4-7-17/h3-8,11-12H,9-10,13H2,1-2H3. The summed E-state index contributed by atoms with van der Waals surface area (Å²) in [5.74, 6) is -0.541. The van der Waals surface area contributed by atoms with E-state index in [9.17, 15) is 12.8 Å². The first-order valence-corrected chi connectivity index (χ1v) is 10.2. The summed E-state index contributed by atoms with van der Waals surface area (Å²) in [4.78, 5) is 2.24. The molecule has 2 aromatic carbocycles. The van der Waals surface area contributed by atoms with Crippen LogP contribution >= 0.6 is 11.6 Å². The van der Waals surface area contributed by atoms with Gasteiger partial charge in [-0.05, 0) is 68.5 Å². The van der Waals surface area contributed by atoms with E-state index in [0.717, 1.165) is 17.5 Å². The van der Waals surface area contributed by atoms with Crippen LogP contribution in [0.4, 0.5) is 4.39 Å². The Kier molecular flexibility index (Phi) is 5.37. The van der Waals surface area contributed by atoms with Gasteiger partial charge in [0.05, 0.1) is 4.90 Å². The van der Waals surface area contributed by atoms with Gasteiger partial charge in [0, 0.05) is 28.7 Å². The maximum Gasteiger partial charge on any atom is 0.196 e. The number of rotatable bonds is 6. The third-order valence-electron chi connectivity index (χ3n) is 4.24. The second-order valence-corrected chi connectivity index (χ2v) is 8.93. The fraction of sp³-hybridized carbons (Fsp3) is 0.263. The molecule has 4 nitrogen and oxygen atoms in total. The number of benzene rings is 2. The summed E-state index contributed by atoms with van der Waals surface area (Å²) in [7, 11) is 0.377. The van der Waals surface area contributed by atoms with Crippen molar-refractivity contribution in [2.75, 3.05) is 20.6 Å². The number of likely N-dealkylation sites (N-methyl/N-ethyl adjacent to an activating group) is 1. The maximum absolute atomic E-state index is 13.7. The predicted molar refractivity (Wildman–Crippen MR) is 103 cm³/mol. The van der Waals surface area contributed by atoms with Gasteiger partial charge in [-0.15, -0.1) is 0 Å². The lowest BCUT2D eigenvalue weighted by Gasteiger charge is -2.08. The zero-order chi connectivity index (χ0) is 18.9. The zero-order valence-corrected chi connectivity index (χ0v) is 16.2. The van der Waals surface area contributed by atoms with Crippen LogP contribution in [0.25, 0.3) is 10.9 Å². The molecule has 0 spiro atoms. The average Bonchev–Trinajstić information content (AvgIpc) is 2.89. The molecule has 138 valence electrons. The Balaban J connectivity index is 2.00. The van der Waals surface area contributed by atoms with Gasteiger partial charge in [0.15, 0.2) is 9.84 Å². The van der Waals surface area contributed by atoms with Crippen LogP contribution in [-0.4, -0.2) is 38.5 Å². The van der Waals surface area contributed by atoms with Gasteiger partial charge in [-0.1, -0.05) is 11.6 Å². The first-order chi connectivity index (χ1) is 12.3. The predicted octanol–water partition coefficient (Wildman–Crippen LogP) is 3.97. The van der Waals surface area contributed by atoms with E-state index >= 15 is 0 Å². The fourth-order valence-corrected chi connectivity index (χ4v) is 4.30. The van der Waals surface area contributed by atoms with Gasteiger partial charge in [0.2, 0.25) is 0 Å². The van der Waals surface area contributed by atoms with E-state index < -0.39 is 9.84 Å². The molecule has 0 bridgehead atoms. The number of hydrogen-bond donors (Lipinski definition) is 0. The van der Waals surface area contributed by atoms with Crippen molar-refractivity contribution in [3.05, 3.63) is 65.1 Å². The van der Waals surface area contributed by atoms with E-state index in [0.29, 0.717) is 17.0 Å². The summed E-state index contributed by atoms with van der Waals surface area (Å²) in [5.41, 5.74) is 1.64. The highest BCUT2D eigenvalue weighted by Crippen LogP contribution is 2.25. The van der Waals surface area contributed by atoms with Crippen LogP contribution in [0.5, 0.6) is 0 Å². The second kappa shape index (κ2) is 7.39. The summed E-state index contributed by atoms with van der Waals surface area (Å²) < 4.78 is 40.9. The van der Waals surface area contributed by atoms with Crippen molar-refractivity contribution in [3.8, 4) is 0 Å². The molecule has 0 atom stereocenters. The van der Waals surface area contributed by atoms with Gasteiger partial charge >= 0.3 is 0 Å².